The summed E-state index contributed by atoms with van der Waals surface area (Å²) in [5.74, 6) is 1.75. The summed E-state index contributed by atoms with van der Waals surface area (Å²) in [5, 5.41) is 6.91. The lowest BCUT2D eigenvalue weighted by Crippen LogP contribution is -2.23. The van der Waals surface area contributed by atoms with Crippen LogP contribution in [0.3, 0.4) is 0 Å². The van der Waals surface area contributed by atoms with Crippen molar-refractivity contribution < 1.29 is 9.32 Å². The van der Waals surface area contributed by atoms with Crippen molar-refractivity contribution in [2.24, 2.45) is 0 Å². The first-order chi connectivity index (χ1) is 12.3. The summed E-state index contributed by atoms with van der Waals surface area (Å²) in [6.07, 6.45) is 8.43. The number of benzene rings is 1. The molecule has 1 N–H and O–H groups in total. The molecule has 128 valence electrons. The Balaban J connectivity index is 1.31. The van der Waals surface area contributed by atoms with Crippen LogP contribution in [0.5, 0.6) is 0 Å². The average Bonchev–Trinajstić information content (AvgIpc) is 3.15. The number of amides is 1. The van der Waals surface area contributed by atoms with E-state index >= 15 is 0 Å². The molecule has 0 unspecified atom stereocenters. The van der Waals surface area contributed by atoms with Crippen LogP contribution in [0.15, 0.2) is 47.5 Å². The lowest BCUT2D eigenvalue weighted by atomic mass is 10.1. The van der Waals surface area contributed by atoms with Gasteiger partial charge in [0.15, 0.2) is 5.82 Å². The number of aromatic nitrogens is 4. The van der Waals surface area contributed by atoms with Gasteiger partial charge in [0.25, 0.3) is 0 Å². The third-order valence-corrected chi connectivity index (χ3v) is 4.24. The molecule has 0 atom stereocenters. The molecule has 2 heterocycles. The van der Waals surface area contributed by atoms with Gasteiger partial charge in [0.05, 0.1) is 12.0 Å². The molecule has 0 spiro atoms. The number of para-hydroxylation sites is 1. The maximum Gasteiger partial charge on any atom is 0.227 e. The van der Waals surface area contributed by atoms with Gasteiger partial charge in [0.2, 0.25) is 11.8 Å². The number of carbonyl (C=O) groups is 1. The Bertz CT molecular complexity index is 852. The number of hydrogen-bond acceptors (Lipinski definition) is 5. The molecule has 7 heteroatoms. The van der Waals surface area contributed by atoms with E-state index in [1.54, 1.807) is 12.5 Å². The van der Waals surface area contributed by atoms with Crippen molar-refractivity contribution in [3.63, 3.8) is 0 Å². The first-order valence-corrected chi connectivity index (χ1v) is 8.45. The Morgan fingerprint density at radius 3 is 3.00 bits per heavy atom. The Kier molecular flexibility index (Phi) is 4.28. The molecule has 1 amide bonds. The molecular weight excluding hydrogens is 318 g/mol. The highest BCUT2D eigenvalue weighted by atomic mass is 16.5. The largest absolute Gasteiger partial charge is 0.352 e. The van der Waals surface area contributed by atoms with Crippen LogP contribution >= 0.6 is 0 Å². The highest BCUT2D eigenvalue weighted by Crippen LogP contribution is 2.38. The number of nitrogens with one attached hydrogen (secondary N) is 1. The fraction of sp³-hybridized carbons (Fsp3) is 0.333. The van der Waals surface area contributed by atoms with E-state index in [9.17, 15) is 4.79 Å². The van der Waals surface area contributed by atoms with Gasteiger partial charge in [0.1, 0.15) is 0 Å². The van der Waals surface area contributed by atoms with Crippen LogP contribution in [0, 0.1) is 0 Å². The van der Waals surface area contributed by atoms with Crippen molar-refractivity contribution in [2.75, 3.05) is 0 Å². The number of carbonyl (C=O) groups excluding carboxylic acids is 1. The highest BCUT2D eigenvalue weighted by molar-refractivity contribution is 5.76. The van der Waals surface area contributed by atoms with Gasteiger partial charge in [-0.25, -0.2) is 4.98 Å². The molecule has 0 radical (unpaired) electrons. The second-order valence-electron chi connectivity index (χ2n) is 6.20. The Labute approximate surface area is 145 Å². The molecule has 1 aliphatic rings. The van der Waals surface area contributed by atoms with E-state index in [1.165, 1.54) is 0 Å². The predicted molar refractivity (Wildman–Crippen MR) is 90.0 cm³/mol. The van der Waals surface area contributed by atoms with Crippen molar-refractivity contribution >= 4 is 5.91 Å². The van der Waals surface area contributed by atoms with Gasteiger partial charge in [-0.15, -0.1) is 0 Å². The Hall–Kier alpha value is -2.96. The summed E-state index contributed by atoms with van der Waals surface area (Å²) < 4.78 is 7.13. The minimum Gasteiger partial charge on any atom is -0.352 e. The van der Waals surface area contributed by atoms with Crippen LogP contribution in [0.25, 0.3) is 5.69 Å². The fourth-order valence-electron chi connectivity index (χ4n) is 2.69. The zero-order valence-corrected chi connectivity index (χ0v) is 13.8. The van der Waals surface area contributed by atoms with Crippen LogP contribution in [-0.2, 0) is 17.8 Å². The van der Waals surface area contributed by atoms with Gasteiger partial charge in [-0.05, 0) is 24.5 Å². The van der Waals surface area contributed by atoms with Crippen LogP contribution in [-0.4, -0.2) is 25.6 Å². The number of aryl methyl sites for hydroxylation is 1. The standard InChI is InChI=1S/C18H19N5O2/c24-16(7-8-17-21-18(22-25-17)13-5-6-13)20-11-14-3-1-2-4-15(14)23-10-9-19-12-23/h1-4,9-10,12-13H,5-8,11H2,(H,20,24). The van der Waals surface area contributed by atoms with Gasteiger partial charge in [-0.3, -0.25) is 4.79 Å². The summed E-state index contributed by atoms with van der Waals surface area (Å²) in [4.78, 5) is 20.5. The van der Waals surface area contributed by atoms with E-state index in [2.05, 4.69) is 20.4 Å². The monoisotopic (exact) mass is 337 g/mol. The number of rotatable bonds is 7. The number of nitrogens with zero attached hydrogens (tertiary/aromatic N) is 4. The maximum absolute atomic E-state index is 12.1. The van der Waals surface area contributed by atoms with Gasteiger partial charge in [-0.1, -0.05) is 23.4 Å². The van der Waals surface area contributed by atoms with Gasteiger partial charge < -0.3 is 14.4 Å². The van der Waals surface area contributed by atoms with E-state index in [4.69, 9.17) is 4.52 Å². The minimum atomic E-state index is -0.0355. The van der Waals surface area contributed by atoms with E-state index in [-0.39, 0.29) is 5.91 Å². The molecule has 25 heavy (non-hydrogen) atoms. The third-order valence-electron chi connectivity index (χ3n) is 4.24. The Morgan fingerprint density at radius 2 is 2.20 bits per heavy atom. The van der Waals surface area contributed by atoms with Gasteiger partial charge >= 0.3 is 0 Å². The molecule has 0 saturated heterocycles. The lowest BCUT2D eigenvalue weighted by molar-refractivity contribution is -0.121. The Morgan fingerprint density at radius 1 is 1.32 bits per heavy atom. The van der Waals surface area contributed by atoms with Crippen molar-refractivity contribution in [3.05, 3.63) is 60.3 Å². The van der Waals surface area contributed by atoms with E-state index in [0.717, 1.165) is 29.9 Å². The van der Waals surface area contributed by atoms with Crippen LogP contribution in [0.1, 0.15) is 42.5 Å². The van der Waals surface area contributed by atoms with Crippen molar-refractivity contribution in [2.45, 2.75) is 38.1 Å². The average molecular weight is 337 g/mol. The molecule has 7 nitrogen and oxygen atoms in total. The zero-order valence-electron chi connectivity index (χ0n) is 13.8. The predicted octanol–water partition coefficient (Wildman–Crippen LogP) is 2.38. The van der Waals surface area contributed by atoms with Gasteiger partial charge in [0, 0.05) is 37.7 Å². The molecule has 3 aromatic rings. The smallest absolute Gasteiger partial charge is 0.227 e. The molecule has 2 aromatic heterocycles. The third kappa shape index (κ3) is 3.76. The quantitative estimate of drug-likeness (QED) is 0.715. The summed E-state index contributed by atoms with van der Waals surface area (Å²) >= 11 is 0. The van der Waals surface area contributed by atoms with E-state index < -0.39 is 0 Å². The normalized spacial score (nSPS) is 13.8. The molecule has 1 aromatic carbocycles. The summed E-state index contributed by atoms with van der Waals surface area (Å²) in [6, 6.07) is 7.92. The van der Waals surface area contributed by atoms with E-state index in [0.29, 0.717) is 31.2 Å². The van der Waals surface area contributed by atoms with Crippen LogP contribution in [0.4, 0.5) is 0 Å². The number of imidazole rings is 1. The first-order valence-electron chi connectivity index (χ1n) is 8.45. The summed E-state index contributed by atoms with van der Waals surface area (Å²) in [6.45, 7) is 0.463. The van der Waals surface area contributed by atoms with Crippen molar-refractivity contribution in [3.8, 4) is 5.69 Å². The maximum atomic E-state index is 12.1. The SMILES string of the molecule is O=C(CCc1nc(C2CC2)no1)NCc1ccccc1-n1ccnc1. The first kappa shape index (κ1) is 15.6. The molecule has 1 saturated carbocycles. The highest BCUT2D eigenvalue weighted by Gasteiger charge is 2.28. The topological polar surface area (TPSA) is 85.8 Å². The summed E-state index contributed by atoms with van der Waals surface area (Å²) in [5.41, 5.74) is 2.04. The van der Waals surface area contributed by atoms with Crippen molar-refractivity contribution in [1.29, 1.82) is 0 Å². The molecule has 0 aliphatic heterocycles. The molecule has 1 fully saturated rings. The molecular formula is C18H19N5O2. The molecule has 4 rings (SSSR count). The van der Waals surface area contributed by atoms with Crippen LogP contribution < -0.4 is 5.32 Å². The number of hydrogen-bond donors (Lipinski definition) is 1. The zero-order chi connectivity index (χ0) is 17.1. The second-order valence-corrected chi connectivity index (χ2v) is 6.20. The van der Waals surface area contributed by atoms with Gasteiger partial charge in [-0.2, -0.15) is 4.98 Å². The molecule has 0 bridgehead atoms. The van der Waals surface area contributed by atoms with Crippen LogP contribution in [0.2, 0.25) is 0 Å². The lowest BCUT2D eigenvalue weighted by Gasteiger charge is -2.11. The van der Waals surface area contributed by atoms with Crippen molar-refractivity contribution in [1.82, 2.24) is 25.0 Å². The second kappa shape index (κ2) is 6.88. The summed E-state index contributed by atoms with van der Waals surface area (Å²) in [7, 11) is 0. The molecule has 1 aliphatic carbocycles. The van der Waals surface area contributed by atoms with E-state index in [1.807, 2.05) is 35.0 Å². The minimum absolute atomic E-state index is 0.0355. The fourth-order valence-corrected chi connectivity index (χ4v) is 2.69.